The van der Waals surface area contributed by atoms with Gasteiger partial charge >= 0.3 is 5.97 Å². The van der Waals surface area contributed by atoms with Crippen molar-refractivity contribution < 1.29 is 14.3 Å². The number of carbonyl (C=O) groups excluding carboxylic acids is 2. The summed E-state index contributed by atoms with van der Waals surface area (Å²) in [5.74, 6) is -0.943. The third-order valence-corrected chi connectivity index (χ3v) is 6.14. The van der Waals surface area contributed by atoms with Crippen LogP contribution in [0.4, 0.5) is 5.00 Å². The van der Waals surface area contributed by atoms with E-state index in [-0.39, 0.29) is 23.6 Å². The highest BCUT2D eigenvalue weighted by molar-refractivity contribution is 7.16. The first kappa shape index (κ1) is 20.0. The maximum absolute atomic E-state index is 13.3. The Labute approximate surface area is 179 Å². The molecule has 1 amide bonds. The molecule has 152 valence electrons. The first-order valence-corrected chi connectivity index (χ1v) is 10.9. The maximum Gasteiger partial charge on any atom is 0.359 e. The Balaban J connectivity index is 1.91. The van der Waals surface area contributed by atoms with E-state index in [1.807, 2.05) is 19.1 Å². The van der Waals surface area contributed by atoms with Crippen LogP contribution in [0.1, 0.15) is 32.6 Å². The van der Waals surface area contributed by atoms with E-state index in [0.717, 1.165) is 5.56 Å². The molecule has 0 saturated carbocycles. The van der Waals surface area contributed by atoms with E-state index >= 15 is 0 Å². The van der Waals surface area contributed by atoms with Gasteiger partial charge in [0, 0.05) is 10.8 Å². The fourth-order valence-corrected chi connectivity index (χ4v) is 4.48. The fraction of sp³-hybridized carbons (Fsp3) is 0.143. The lowest BCUT2D eigenvalue weighted by molar-refractivity contribution is 0.0520. The first-order valence-electron chi connectivity index (χ1n) is 9.13. The molecule has 0 unspecified atom stereocenters. The van der Waals surface area contributed by atoms with Gasteiger partial charge in [0.25, 0.3) is 11.5 Å². The van der Waals surface area contributed by atoms with Crippen LogP contribution in [0.2, 0.25) is 0 Å². The summed E-state index contributed by atoms with van der Waals surface area (Å²) in [4.78, 5) is 38.9. The monoisotopic (exact) mass is 439 g/mol. The molecule has 0 atom stereocenters. The minimum atomic E-state index is -0.628. The molecular formula is C21H17N3O4S2. The predicted octanol–water partition coefficient (Wildman–Crippen LogP) is 4.25. The molecule has 7 nitrogen and oxygen atoms in total. The van der Waals surface area contributed by atoms with Crippen LogP contribution >= 0.6 is 22.7 Å². The normalized spacial score (nSPS) is 10.9. The number of rotatable bonds is 5. The van der Waals surface area contributed by atoms with Crippen molar-refractivity contribution in [3.8, 4) is 5.69 Å². The number of nitrogens with one attached hydrogen (secondary N) is 1. The lowest BCUT2D eigenvalue weighted by Gasteiger charge is -2.10. The highest BCUT2D eigenvalue weighted by Gasteiger charge is 2.23. The Kier molecular flexibility index (Phi) is 5.47. The topological polar surface area (TPSA) is 90.3 Å². The molecule has 9 heteroatoms. The molecule has 1 aromatic carbocycles. The van der Waals surface area contributed by atoms with Crippen LogP contribution < -0.4 is 10.9 Å². The Morgan fingerprint density at radius 2 is 1.93 bits per heavy atom. The average Bonchev–Trinajstić information content (AvgIpc) is 3.40. The summed E-state index contributed by atoms with van der Waals surface area (Å²) in [6.07, 6.45) is 0. The molecule has 0 bridgehead atoms. The van der Waals surface area contributed by atoms with Gasteiger partial charge in [0.2, 0.25) is 0 Å². The summed E-state index contributed by atoms with van der Waals surface area (Å²) in [5.41, 5.74) is 1.14. The van der Waals surface area contributed by atoms with Gasteiger partial charge in [-0.25, -0.2) is 4.79 Å². The minimum Gasteiger partial charge on any atom is -0.461 e. The molecule has 0 fully saturated rings. The number of fused-ring (bicyclic) bond motifs is 1. The molecular weight excluding hydrogens is 422 g/mol. The number of aryl methyl sites for hydroxylation is 1. The second-order valence-electron chi connectivity index (χ2n) is 6.41. The van der Waals surface area contributed by atoms with Gasteiger partial charge in [-0.2, -0.15) is 9.78 Å². The number of hydrogen-bond acceptors (Lipinski definition) is 7. The number of carbonyl (C=O) groups is 2. The minimum absolute atomic E-state index is 0.0277. The van der Waals surface area contributed by atoms with Crippen molar-refractivity contribution in [2.24, 2.45) is 0 Å². The van der Waals surface area contributed by atoms with Crippen LogP contribution in [0.15, 0.2) is 52.0 Å². The van der Waals surface area contributed by atoms with Gasteiger partial charge in [0.15, 0.2) is 5.69 Å². The van der Waals surface area contributed by atoms with Crippen molar-refractivity contribution in [1.29, 1.82) is 0 Å². The van der Waals surface area contributed by atoms with Gasteiger partial charge in [0.1, 0.15) is 5.00 Å². The van der Waals surface area contributed by atoms with Gasteiger partial charge < -0.3 is 10.1 Å². The van der Waals surface area contributed by atoms with Crippen LogP contribution in [0.25, 0.3) is 16.5 Å². The van der Waals surface area contributed by atoms with E-state index in [1.54, 1.807) is 41.9 Å². The van der Waals surface area contributed by atoms with Crippen molar-refractivity contribution >= 4 is 50.3 Å². The molecule has 0 saturated heterocycles. The zero-order chi connectivity index (χ0) is 21.3. The summed E-state index contributed by atoms with van der Waals surface area (Å²) in [6, 6.07) is 10.7. The fourth-order valence-electron chi connectivity index (χ4n) is 2.93. The Bertz CT molecular complexity index is 1290. The summed E-state index contributed by atoms with van der Waals surface area (Å²) < 4.78 is 6.31. The third-order valence-electron chi connectivity index (χ3n) is 4.37. The van der Waals surface area contributed by atoms with Crippen LogP contribution in [0.5, 0.6) is 0 Å². The molecule has 0 aliphatic heterocycles. The number of anilines is 1. The standard InChI is InChI=1S/C21H17N3O4S2/c1-3-28-21(27)17-14-11-30-19(22-18(25)15-5-4-10-29-15)16(14)20(26)24(23-17)13-8-6-12(2)7-9-13/h4-11H,3H2,1-2H3,(H,22,25). The summed E-state index contributed by atoms with van der Waals surface area (Å²) in [7, 11) is 0. The zero-order valence-corrected chi connectivity index (χ0v) is 17.8. The predicted molar refractivity (Wildman–Crippen MR) is 118 cm³/mol. The van der Waals surface area contributed by atoms with Crippen molar-refractivity contribution in [2.75, 3.05) is 11.9 Å². The molecule has 1 N–H and O–H groups in total. The summed E-state index contributed by atoms with van der Waals surface area (Å²) >= 11 is 2.47. The van der Waals surface area contributed by atoms with E-state index in [4.69, 9.17) is 4.74 Å². The SMILES string of the molecule is CCOC(=O)c1nn(-c2ccc(C)cc2)c(=O)c2c(NC(=O)c3cccs3)scc12. The number of aromatic nitrogens is 2. The number of hydrogen-bond donors (Lipinski definition) is 1. The highest BCUT2D eigenvalue weighted by atomic mass is 32.1. The smallest absolute Gasteiger partial charge is 0.359 e. The number of nitrogens with zero attached hydrogens (tertiary/aromatic N) is 2. The Morgan fingerprint density at radius 3 is 2.60 bits per heavy atom. The second kappa shape index (κ2) is 8.21. The van der Waals surface area contributed by atoms with Crippen LogP contribution in [-0.4, -0.2) is 28.3 Å². The van der Waals surface area contributed by atoms with Gasteiger partial charge in [-0.15, -0.1) is 22.7 Å². The van der Waals surface area contributed by atoms with Crippen LogP contribution in [-0.2, 0) is 4.74 Å². The van der Waals surface area contributed by atoms with Crippen molar-refractivity contribution in [3.63, 3.8) is 0 Å². The number of ether oxygens (including phenoxy) is 1. The Hall–Kier alpha value is -3.30. The maximum atomic E-state index is 13.3. The van der Waals surface area contributed by atoms with Gasteiger partial charge in [-0.3, -0.25) is 9.59 Å². The molecule has 0 aliphatic rings. The van der Waals surface area contributed by atoms with E-state index in [0.29, 0.717) is 21.0 Å². The molecule has 3 heterocycles. The van der Waals surface area contributed by atoms with Gasteiger partial charge in [-0.1, -0.05) is 23.8 Å². The lowest BCUT2D eigenvalue weighted by atomic mass is 10.2. The first-order chi connectivity index (χ1) is 14.5. The molecule has 4 aromatic rings. The average molecular weight is 440 g/mol. The van der Waals surface area contributed by atoms with Gasteiger partial charge in [-0.05, 0) is 37.4 Å². The van der Waals surface area contributed by atoms with E-state index < -0.39 is 11.5 Å². The third kappa shape index (κ3) is 3.64. The van der Waals surface area contributed by atoms with E-state index in [1.165, 1.54) is 27.4 Å². The van der Waals surface area contributed by atoms with E-state index in [2.05, 4.69) is 10.4 Å². The second-order valence-corrected chi connectivity index (χ2v) is 8.23. The molecule has 0 spiro atoms. The number of benzene rings is 1. The van der Waals surface area contributed by atoms with Crippen LogP contribution in [0, 0.1) is 6.92 Å². The lowest BCUT2D eigenvalue weighted by Crippen LogP contribution is -2.25. The van der Waals surface area contributed by atoms with Crippen molar-refractivity contribution in [3.05, 3.63) is 73.6 Å². The molecule has 4 rings (SSSR count). The van der Waals surface area contributed by atoms with Gasteiger partial charge in [0.05, 0.1) is 22.6 Å². The number of esters is 1. The summed E-state index contributed by atoms with van der Waals surface area (Å²) in [5, 5.41) is 11.5. The number of thiophene rings is 2. The molecule has 30 heavy (non-hydrogen) atoms. The highest BCUT2D eigenvalue weighted by Crippen LogP contribution is 2.31. The van der Waals surface area contributed by atoms with E-state index in [9.17, 15) is 14.4 Å². The van der Waals surface area contributed by atoms with Crippen LogP contribution in [0.3, 0.4) is 0 Å². The Morgan fingerprint density at radius 1 is 1.17 bits per heavy atom. The summed E-state index contributed by atoms with van der Waals surface area (Å²) in [6.45, 7) is 3.81. The van der Waals surface area contributed by atoms with Crippen molar-refractivity contribution in [2.45, 2.75) is 13.8 Å². The largest absolute Gasteiger partial charge is 0.461 e. The zero-order valence-electron chi connectivity index (χ0n) is 16.2. The molecule has 0 aliphatic carbocycles. The quantitative estimate of drug-likeness (QED) is 0.470. The molecule has 0 radical (unpaired) electrons. The van der Waals surface area contributed by atoms with Crippen molar-refractivity contribution in [1.82, 2.24) is 9.78 Å². The molecule has 3 aromatic heterocycles. The number of amides is 1.